The van der Waals surface area contributed by atoms with Crippen molar-refractivity contribution in [3.05, 3.63) is 102 Å². The van der Waals surface area contributed by atoms with E-state index >= 15 is 0 Å². The maximum atomic E-state index is 13.3. The number of esters is 1. The second kappa shape index (κ2) is 21.2. The van der Waals surface area contributed by atoms with Gasteiger partial charge in [0.15, 0.2) is 11.9 Å². The fraction of sp³-hybridized carbons (Fsp3) is 0.343. The van der Waals surface area contributed by atoms with Gasteiger partial charge in [0.25, 0.3) is 5.91 Å². The predicted molar refractivity (Wildman–Crippen MR) is 186 cm³/mol. The molecule has 0 saturated carbocycles. The molecule has 0 bridgehead atoms. The monoisotopic (exact) mass is 679 g/mol. The van der Waals surface area contributed by atoms with Crippen molar-refractivity contribution in [2.75, 3.05) is 40.3 Å². The summed E-state index contributed by atoms with van der Waals surface area (Å²) in [6, 6.07) is 21.7. The van der Waals surface area contributed by atoms with Gasteiger partial charge in [-0.25, -0.2) is 28.8 Å². The number of carbonyl (C=O) groups excluding carboxylic acids is 2. The molecule has 13 heteroatoms. The molecule has 0 saturated heterocycles. The molecule has 0 aliphatic carbocycles. The summed E-state index contributed by atoms with van der Waals surface area (Å²) in [5, 5.41) is 17.9. The smallest absolute Gasteiger partial charge is 0.337 e. The molecule has 11 nitrogen and oxygen atoms in total. The molecule has 256 valence electrons. The summed E-state index contributed by atoms with van der Waals surface area (Å²) < 4.78 is 19.7. The van der Waals surface area contributed by atoms with E-state index in [-0.39, 0.29) is 42.6 Å². The lowest BCUT2D eigenvalue weighted by Gasteiger charge is -2.23. The van der Waals surface area contributed by atoms with E-state index in [0.29, 0.717) is 11.3 Å². The molecule has 1 amide bonds. The van der Waals surface area contributed by atoms with Crippen molar-refractivity contribution >= 4 is 30.3 Å². The molecular weight excluding hydrogens is 637 g/mol. The summed E-state index contributed by atoms with van der Waals surface area (Å²) in [5.41, 5.74) is 2.30. The molecule has 0 fully saturated rings. The van der Waals surface area contributed by atoms with E-state index in [2.05, 4.69) is 50.4 Å². The zero-order chi connectivity index (χ0) is 34.0. The molecule has 0 aliphatic heterocycles. The lowest BCUT2D eigenvalue weighted by atomic mass is 10.0. The van der Waals surface area contributed by atoms with E-state index in [1.165, 1.54) is 23.0 Å². The third-order valence-electron chi connectivity index (χ3n) is 6.68. The average Bonchev–Trinajstić information content (AvgIpc) is 3.57. The van der Waals surface area contributed by atoms with Gasteiger partial charge in [-0.2, -0.15) is 5.10 Å². The molecule has 2 aromatic heterocycles. The number of aliphatic imine (C=N–C) groups is 2. The standard InChI is InChI=1S/C27H25FN4O4.C8H17N3.ClH/c1-2-36-27(35)24(33)23(17-18-7-4-3-5-8-18)30-26(34)21-9-6-15-29-25(21)32-16-14-22(31-32)19-10-12-20(28)13-11-19;1-4-9-8-10-6-5-7-11(2)3;/h3-16,23-24,33H,2,17H2,1H3,(H,30,34);4-7H2,1-3H3;1H. The van der Waals surface area contributed by atoms with Crippen LogP contribution in [0, 0.1) is 5.82 Å². The van der Waals surface area contributed by atoms with Crippen molar-refractivity contribution in [1.29, 1.82) is 0 Å². The molecule has 0 radical (unpaired) electrons. The molecule has 2 aromatic carbocycles. The van der Waals surface area contributed by atoms with Gasteiger partial charge in [-0.3, -0.25) is 4.79 Å². The van der Waals surface area contributed by atoms with Gasteiger partial charge in [-0.1, -0.05) is 30.3 Å². The number of nitrogens with zero attached hydrogens (tertiary/aromatic N) is 6. The Hall–Kier alpha value is -4.74. The van der Waals surface area contributed by atoms with Gasteiger partial charge >= 0.3 is 5.97 Å². The van der Waals surface area contributed by atoms with Gasteiger partial charge in [-0.15, -0.1) is 12.4 Å². The number of ether oxygens (including phenoxy) is 1. The number of benzene rings is 2. The number of rotatable bonds is 14. The molecule has 2 atom stereocenters. The quantitative estimate of drug-likeness (QED) is 0.110. The third-order valence-corrected chi connectivity index (χ3v) is 6.68. The summed E-state index contributed by atoms with van der Waals surface area (Å²) in [4.78, 5) is 39.9. The van der Waals surface area contributed by atoms with E-state index in [4.69, 9.17) is 4.74 Å². The van der Waals surface area contributed by atoms with Crippen LogP contribution in [0.5, 0.6) is 0 Å². The minimum atomic E-state index is -1.57. The number of aliphatic hydroxyl groups is 1. The van der Waals surface area contributed by atoms with Crippen LogP contribution in [0.3, 0.4) is 0 Å². The van der Waals surface area contributed by atoms with Crippen molar-refractivity contribution in [2.24, 2.45) is 9.98 Å². The highest BCUT2D eigenvalue weighted by atomic mass is 35.5. The number of hydrogen-bond donors (Lipinski definition) is 2. The largest absolute Gasteiger partial charge is 0.464 e. The number of aliphatic hydroxyl groups excluding tert-OH is 1. The molecule has 0 aliphatic rings. The maximum absolute atomic E-state index is 13.3. The lowest BCUT2D eigenvalue weighted by molar-refractivity contribution is -0.154. The molecular formula is C35H43ClFN7O4. The van der Waals surface area contributed by atoms with Crippen LogP contribution in [0.15, 0.2) is 95.2 Å². The van der Waals surface area contributed by atoms with Gasteiger partial charge < -0.3 is 20.1 Å². The van der Waals surface area contributed by atoms with Crippen molar-refractivity contribution in [2.45, 2.75) is 38.8 Å². The number of carbonyl (C=O) groups is 2. The average molecular weight is 680 g/mol. The fourth-order valence-corrected chi connectivity index (χ4v) is 4.36. The Kier molecular flexibility index (Phi) is 17.4. The van der Waals surface area contributed by atoms with E-state index in [1.807, 2.05) is 37.3 Å². The molecule has 0 spiro atoms. The van der Waals surface area contributed by atoms with Crippen molar-refractivity contribution in [1.82, 2.24) is 25.0 Å². The highest BCUT2D eigenvalue weighted by Crippen LogP contribution is 2.20. The van der Waals surface area contributed by atoms with E-state index in [1.54, 1.807) is 43.5 Å². The van der Waals surface area contributed by atoms with E-state index in [0.717, 1.165) is 31.6 Å². The Morgan fingerprint density at radius 1 is 1.04 bits per heavy atom. The van der Waals surface area contributed by atoms with Crippen LogP contribution in [-0.4, -0.2) is 95.1 Å². The number of aromatic nitrogens is 3. The zero-order valence-corrected chi connectivity index (χ0v) is 28.4. The summed E-state index contributed by atoms with van der Waals surface area (Å²) in [7, 11) is 4.12. The van der Waals surface area contributed by atoms with E-state index in [9.17, 15) is 19.1 Å². The molecule has 2 unspecified atom stereocenters. The lowest BCUT2D eigenvalue weighted by Crippen LogP contribution is -2.49. The van der Waals surface area contributed by atoms with Crippen molar-refractivity contribution < 1.29 is 23.8 Å². The Morgan fingerprint density at radius 2 is 1.77 bits per heavy atom. The minimum absolute atomic E-state index is 0. The molecule has 2 N–H and O–H groups in total. The highest BCUT2D eigenvalue weighted by molar-refractivity contribution is 5.97. The Labute approximate surface area is 287 Å². The normalized spacial score (nSPS) is 11.6. The Bertz CT molecular complexity index is 1610. The van der Waals surface area contributed by atoms with E-state index < -0.39 is 24.0 Å². The number of hydrogen-bond acceptors (Lipinski definition) is 9. The predicted octanol–water partition coefficient (Wildman–Crippen LogP) is 4.89. The minimum Gasteiger partial charge on any atom is -0.464 e. The summed E-state index contributed by atoms with van der Waals surface area (Å²) in [6.07, 6.45) is 2.90. The molecule has 4 rings (SSSR count). The highest BCUT2D eigenvalue weighted by Gasteiger charge is 2.30. The number of amides is 1. The van der Waals surface area contributed by atoms with Crippen LogP contribution < -0.4 is 5.32 Å². The van der Waals surface area contributed by atoms with Gasteiger partial charge in [0.2, 0.25) is 0 Å². The topological polar surface area (TPSA) is 134 Å². The SMILES string of the molecule is CCN=C=NCCCN(C)C.CCOC(=O)C(O)C(Cc1ccccc1)NC(=O)c1cccnc1-n1ccc(-c2ccc(F)cc2)n1.Cl. The summed E-state index contributed by atoms with van der Waals surface area (Å²) in [5.74, 6) is -1.45. The zero-order valence-electron chi connectivity index (χ0n) is 27.6. The number of nitrogens with one attached hydrogen (secondary N) is 1. The van der Waals surface area contributed by atoms with Crippen LogP contribution in [0.2, 0.25) is 0 Å². The number of pyridine rings is 1. The van der Waals surface area contributed by atoms with Crippen LogP contribution in [-0.2, 0) is 16.0 Å². The van der Waals surface area contributed by atoms with Gasteiger partial charge in [0.1, 0.15) is 5.82 Å². The molecule has 4 aromatic rings. The first kappa shape index (κ1) is 39.4. The third kappa shape index (κ3) is 12.8. The maximum Gasteiger partial charge on any atom is 0.337 e. The fourth-order valence-electron chi connectivity index (χ4n) is 4.36. The first-order valence-corrected chi connectivity index (χ1v) is 15.4. The second-order valence-electron chi connectivity index (χ2n) is 10.6. The van der Waals surface area contributed by atoms with Crippen molar-refractivity contribution in [3.8, 4) is 17.1 Å². The van der Waals surface area contributed by atoms with Crippen LogP contribution >= 0.6 is 12.4 Å². The van der Waals surface area contributed by atoms with Crippen LogP contribution in [0.1, 0.15) is 36.2 Å². The molecule has 2 heterocycles. The summed E-state index contributed by atoms with van der Waals surface area (Å²) in [6.45, 7) is 6.41. The first-order valence-electron chi connectivity index (χ1n) is 15.4. The molecule has 48 heavy (non-hydrogen) atoms. The van der Waals surface area contributed by atoms with Crippen LogP contribution in [0.4, 0.5) is 4.39 Å². The summed E-state index contributed by atoms with van der Waals surface area (Å²) >= 11 is 0. The van der Waals surface area contributed by atoms with Crippen LogP contribution in [0.25, 0.3) is 17.1 Å². The first-order chi connectivity index (χ1) is 22.7. The number of halogens is 2. The van der Waals surface area contributed by atoms with Gasteiger partial charge in [0, 0.05) is 24.5 Å². The Morgan fingerprint density at radius 3 is 2.44 bits per heavy atom. The van der Waals surface area contributed by atoms with Gasteiger partial charge in [-0.05, 0) is 95.4 Å². The van der Waals surface area contributed by atoms with Gasteiger partial charge in [0.05, 0.1) is 36.5 Å². The van der Waals surface area contributed by atoms with Crippen molar-refractivity contribution in [3.63, 3.8) is 0 Å². The Balaban J connectivity index is 0.000000575. The second-order valence-corrected chi connectivity index (χ2v) is 10.6.